The summed E-state index contributed by atoms with van der Waals surface area (Å²) in [6.07, 6.45) is 0. The Labute approximate surface area is 317 Å². The minimum Gasteiger partial charge on any atom is -0.486 e. The summed E-state index contributed by atoms with van der Waals surface area (Å²) < 4.78 is 6.44. The highest BCUT2D eigenvalue weighted by atomic mass is 16.5. The van der Waals surface area contributed by atoms with Gasteiger partial charge in [0, 0.05) is 27.7 Å². The van der Waals surface area contributed by atoms with Crippen molar-refractivity contribution in [2.24, 2.45) is 4.99 Å². The molecule has 0 fully saturated rings. The molecular weight excluding hydrogens is 657 g/mol. The van der Waals surface area contributed by atoms with Crippen LogP contribution >= 0.6 is 0 Å². The largest absolute Gasteiger partial charge is 0.486 e. The second-order valence-corrected chi connectivity index (χ2v) is 14.4. The summed E-state index contributed by atoms with van der Waals surface area (Å²) in [6, 6.07) is 64.8. The van der Waals surface area contributed by atoms with Gasteiger partial charge in [-0.15, -0.1) is 0 Å². The molecular formula is C51H40N2O. The lowest BCUT2D eigenvalue weighted by molar-refractivity contribution is 0.311. The minimum absolute atomic E-state index is 0.120. The molecule has 0 amide bonds. The van der Waals surface area contributed by atoms with E-state index < -0.39 is 0 Å². The van der Waals surface area contributed by atoms with E-state index in [1.165, 1.54) is 33.4 Å². The van der Waals surface area contributed by atoms with Crippen LogP contribution in [0.4, 0.5) is 22.7 Å². The maximum absolute atomic E-state index is 6.44. The van der Waals surface area contributed by atoms with E-state index in [0.717, 1.165) is 56.0 Å². The first kappa shape index (κ1) is 33.1. The highest BCUT2D eigenvalue weighted by molar-refractivity contribution is 6.04. The van der Waals surface area contributed by atoms with E-state index in [4.69, 9.17) is 4.74 Å². The molecule has 9 rings (SSSR count). The Morgan fingerprint density at radius 1 is 0.519 bits per heavy atom. The van der Waals surface area contributed by atoms with Gasteiger partial charge < -0.3 is 9.64 Å². The van der Waals surface area contributed by atoms with Gasteiger partial charge >= 0.3 is 0 Å². The van der Waals surface area contributed by atoms with Crippen molar-refractivity contribution in [1.29, 1.82) is 0 Å². The highest BCUT2D eigenvalue weighted by Crippen LogP contribution is 2.51. The number of anilines is 3. The lowest BCUT2D eigenvalue weighted by atomic mass is 9.82. The van der Waals surface area contributed by atoms with Crippen LogP contribution in [0.1, 0.15) is 30.5 Å². The van der Waals surface area contributed by atoms with E-state index in [1.54, 1.807) is 0 Å². The summed E-state index contributed by atoms with van der Waals surface area (Å²) in [6.45, 7) is 9.07. The number of aliphatic imine (C=N–C) groups is 1. The molecule has 8 aromatic rings. The summed E-state index contributed by atoms with van der Waals surface area (Å²) in [7, 11) is 0. The monoisotopic (exact) mass is 696 g/mol. The molecule has 1 aliphatic carbocycles. The fourth-order valence-corrected chi connectivity index (χ4v) is 8.15. The van der Waals surface area contributed by atoms with Crippen molar-refractivity contribution in [1.82, 2.24) is 0 Å². The minimum atomic E-state index is -0.120. The summed E-state index contributed by atoms with van der Waals surface area (Å²) in [4.78, 5) is 6.86. The normalized spacial score (nSPS) is 12.6. The van der Waals surface area contributed by atoms with Gasteiger partial charge in [0.25, 0.3) is 0 Å². The third kappa shape index (κ3) is 5.75. The van der Waals surface area contributed by atoms with E-state index in [1.807, 2.05) is 18.2 Å². The van der Waals surface area contributed by atoms with Gasteiger partial charge in [0.1, 0.15) is 12.3 Å². The van der Waals surface area contributed by atoms with Crippen LogP contribution in [0.15, 0.2) is 187 Å². The highest BCUT2D eigenvalue weighted by Gasteiger charge is 2.36. The lowest BCUT2D eigenvalue weighted by Gasteiger charge is -2.30. The number of ether oxygens (including phenoxy) is 1. The van der Waals surface area contributed by atoms with Crippen LogP contribution < -0.4 is 9.64 Å². The maximum Gasteiger partial charge on any atom is 0.153 e. The van der Waals surface area contributed by atoms with Crippen molar-refractivity contribution in [3.63, 3.8) is 0 Å². The van der Waals surface area contributed by atoms with Gasteiger partial charge in [0.15, 0.2) is 5.75 Å². The molecule has 8 aromatic carbocycles. The molecule has 54 heavy (non-hydrogen) atoms. The molecule has 260 valence electrons. The van der Waals surface area contributed by atoms with E-state index in [0.29, 0.717) is 6.61 Å². The van der Waals surface area contributed by atoms with E-state index >= 15 is 0 Å². The molecule has 3 heteroatoms. The summed E-state index contributed by atoms with van der Waals surface area (Å²) in [5, 5.41) is 2.12. The fraction of sp³-hybridized carbons (Fsp3) is 0.0784. The first-order valence-electron chi connectivity index (χ1n) is 18.5. The van der Waals surface area contributed by atoms with Crippen molar-refractivity contribution in [2.45, 2.75) is 25.9 Å². The van der Waals surface area contributed by atoms with Crippen LogP contribution in [0.2, 0.25) is 0 Å². The van der Waals surface area contributed by atoms with Gasteiger partial charge in [-0.05, 0) is 93.0 Å². The Kier molecular flexibility index (Phi) is 8.40. The number of fused-ring (bicyclic) bond motifs is 4. The second-order valence-electron chi connectivity index (χ2n) is 14.4. The third-order valence-corrected chi connectivity index (χ3v) is 10.9. The Hall–Kier alpha value is -6.71. The SMILES string of the molecule is C=Nc1cc(-c2ccc(N(c3ccc4c(c3)C(C)(C)c3ccccc3-4)c3ccccc3-c3ccccc3)cc2)c2ccccc2c1OCc1ccccc1. The topological polar surface area (TPSA) is 24.8 Å². The Bertz CT molecular complexity index is 2640. The van der Waals surface area contributed by atoms with Gasteiger partial charge in [0.2, 0.25) is 0 Å². The molecule has 0 radical (unpaired) electrons. The molecule has 0 atom stereocenters. The second kappa shape index (κ2) is 13.7. The van der Waals surface area contributed by atoms with Crippen molar-refractivity contribution in [2.75, 3.05) is 4.90 Å². The van der Waals surface area contributed by atoms with Gasteiger partial charge in [-0.3, -0.25) is 4.99 Å². The number of hydrogen-bond acceptors (Lipinski definition) is 3. The zero-order chi connectivity index (χ0) is 36.6. The molecule has 0 spiro atoms. The first-order valence-corrected chi connectivity index (χ1v) is 18.5. The zero-order valence-electron chi connectivity index (χ0n) is 30.5. The average molecular weight is 697 g/mol. The molecule has 0 bridgehead atoms. The molecule has 0 heterocycles. The van der Waals surface area contributed by atoms with Crippen molar-refractivity contribution in [3.05, 3.63) is 199 Å². The Balaban J connectivity index is 1.16. The molecule has 3 nitrogen and oxygen atoms in total. The van der Waals surface area contributed by atoms with Crippen molar-refractivity contribution >= 4 is 40.2 Å². The van der Waals surface area contributed by atoms with Crippen molar-refractivity contribution < 1.29 is 4.74 Å². The van der Waals surface area contributed by atoms with E-state index in [9.17, 15) is 0 Å². The molecule has 0 N–H and O–H groups in total. The smallest absolute Gasteiger partial charge is 0.153 e. The maximum atomic E-state index is 6.44. The van der Waals surface area contributed by atoms with Crippen LogP contribution in [-0.4, -0.2) is 6.72 Å². The van der Waals surface area contributed by atoms with Crippen LogP contribution in [0.3, 0.4) is 0 Å². The molecule has 1 aliphatic rings. The molecule has 0 saturated carbocycles. The number of rotatable bonds is 9. The third-order valence-electron chi connectivity index (χ3n) is 10.9. The van der Waals surface area contributed by atoms with E-state index in [-0.39, 0.29) is 5.41 Å². The van der Waals surface area contributed by atoms with Gasteiger partial charge in [-0.2, -0.15) is 0 Å². The standard InChI is InChI=1S/C51H40N2O/c1-51(2)46-24-14-12-22-42(46)43-31-30-39(32-47(43)51)53(49-25-15-13-20-40(49)36-18-8-5-9-19-36)38-28-26-37(27-29-38)45-33-48(52-3)50(44-23-11-10-21-41(44)45)54-34-35-16-6-4-7-17-35/h4-33H,3,34H2,1-2H3. The summed E-state index contributed by atoms with van der Waals surface area (Å²) in [5.41, 5.74) is 14.9. The van der Waals surface area contributed by atoms with Crippen molar-refractivity contribution in [3.8, 4) is 39.1 Å². The predicted molar refractivity (Wildman–Crippen MR) is 227 cm³/mol. The Morgan fingerprint density at radius 2 is 1.11 bits per heavy atom. The summed E-state index contributed by atoms with van der Waals surface area (Å²) in [5.74, 6) is 0.746. The van der Waals surface area contributed by atoms with Crippen LogP contribution in [-0.2, 0) is 12.0 Å². The van der Waals surface area contributed by atoms with Gasteiger partial charge in [-0.1, -0.05) is 159 Å². The predicted octanol–water partition coefficient (Wildman–Crippen LogP) is 13.9. The molecule has 0 saturated heterocycles. The van der Waals surface area contributed by atoms with Gasteiger partial charge in [0.05, 0.1) is 5.69 Å². The van der Waals surface area contributed by atoms with Crippen LogP contribution in [0.5, 0.6) is 5.75 Å². The summed E-state index contributed by atoms with van der Waals surface area (Å²) >= 11 is 0. The number of nitrogens with zero attached hydrogens (tertiary/aromatic N) is 2. The number of hydrogen-bond donors (Lipinski definition) is 0. The first-order chi connectivity index (χ1) is 26.5. The fourth-order valence-electron chi connectivity index (χ4n) is 8.15. The zero-order valence-corrected chi connectivity index (χ0v) is 30.5. The van der Waals surface area contributed by atoms with E-state index in [2.05, 4.69) is 194 Å². The molecule has 0 aliphatic heterocycles. The van der Waals surface area contributed by atoms with Gasteiger partial charge in [-0.25, -0.2) is 0 Å². The average Bonchev–Trinajstić information content (AvgIpc) is 3.46. The molecule has 0 unspecified atom stereocenters. The van der Waals surface area contributed by atoms with Crippen LogP contribution in [0.25, 0.3) is 44.2 Å². The number of benzene rings is 8. The van der Waals surface area contributed by atoms with Crippen LogP contribution in [0, 0.1) is 0 Å². The lowest BCUT2D eigenvalue weighted by Crippen LogP contribution is -2.16. The molecule has 0 aromatic heterocycles. The number of para-hydroxylation sites is 1. The quantitative estimate of drug-likeness (QED) is 0.140. The Morgan fingerprint density at radius 3 is 1.87 bits per heavy atom.